The minimum atomic E-state index is -0.259. The minimum Gasteiger partial charge on any atom is -0.493 e. The number of hydrogen-bond donors (Lipinski definition) is 1. The monoisotopic (exact) mass is 339 g/mol. The predicted molar refractivity (Wildman–Crippen MR) is 100 cm³/mol. The third-order valence-corrected chi connectivity index (χ3v) is 4.40. The van der Waals surface area contributed by atoms with Gasteiger partial charge in [-0.2, -0.15) is 0 Å². The summed E-state index contributed by atoms with van der Waals surface area (Å²) in [4.78, 5) is 0. The minimum absolute atomic E-state index is 0.122. The van der Waals surface area contributed by atoms with Gasteiger partial charge in [-0.3, -0.25) is 0 Å². The number of nitrogens with two attached hydrogens (primary N) is 1. The van der Waals surface area contributed by atoms with Gasteiger partial charge in [0.25, 0.3) is 0 Å². The maximum Gasteiger partial charge on any atom is 0.161 e. The smallest absolute Gasteiger partial charge is 0.161 e. The Balaban J connectivity index is 1.79. The van der Waals surface area contributed by atoms with E-state index in [0.29, 0.717) is 11.5 Å². The molecule has 132 valence electrons. The summed E-state index contributed by atoms with van der Waals surface area (Å²) < 4.78 is 16.6. The SMILES string of the molecule is COc1ccc(C(N)Cc2ccc3c(c2)C=CC(C)(C)O3)cc1OC. The maximum atomic E-state index is 6.42. The second kappa shape index (κ2) is 6.81. The number of methoxy groups -OCH3 is 2. The summed E-state index contributed by atoms with van der Waals surface area (Å²) in [5.74, 6) is 2.31. The summed E-state index contributed by atoms with van der Waals surface area (Å²) in [6, 6.07) is 11.9. The van der Waals surface area contributed by atoms with Crippen LogP contribution in [-0.2, 0) is 6.42 Å². The summed E-state index contributed by atoms with van der Waals surface area (Å²) in [5.41, 5.74) is 9.44. The lowest BCUT2D eigenvalue weighted by molar-refractivity contribution is 0.159. The van der Waals surface area contributed by atoms with Gasteiger partial charge in [-0.25, -0.2) is 0 Å². The lowest BCUT2D eigenvalue weighted by Crippen LogP contribution is -2.27. The second-order valence-corrected chi connectivity index (χ2v) is 6.84. The summed E-state index contributed by atoms with van der Waals surface area (Å²) in [6.45, 7) is 4.10. The lowest BCUT2D eigenvalue weighted by atomic mass is 9.96. The van der Waals surface area contributed by atoms with Gasteiger partial charge in [-0.05, 0) is 61.7 Å². The van der Waals surface area contributed by atoms with Crippen molar-refractivity contribution in [3.63, 3.8) is 0 Å². The molecule has 2 aromatic carbocycles. The van der Waals surface area contributed by atoms with Crippen LogP contribution >= 0.6 is 0 Å². The highest BCUT2D eigenvalue weighted by Crippen LogP contribution is 2.33. The molecule has 0 spiro atoms. The molecule has 1 atom stereocenters. The highest BCUT2D eigenvalue weighted by molar-refractivity contribution is 5.61. The zero-order valence-electron chi connectivity index (χ0n) is 15.2. The van der Waals surface area contributed by atoms with E-state index in [4.69, 9.17) is 19.9 Å². The van der Waals surface area contributed by atoms with Crippen LogP contribution in [0.25, 0.3) is 6.08 Å². The Morgan fingerprint density at radius 2 is 1.80 bits per heavy atom. The summed E-state index contributed by atoms with van der Waals surface area (Å²) in [6.07, 6.45) is 4.93. The molecular weight excluding hydrogens is 314 g/mol. The van der Waals surface area contributed by atoms with Gasteiger partial charge in [-0.15, -0.1) is 0 Å². The average molecular weight is 339 g/mol. The molecule has 0 saturated heterocycles. The van der Waals surface area contributed by atoms with Crippen molar-refractivity contribution in [1.82, 2.24) is 0 Å². The fraction of sp³-hybridized carbons (Fsp3) is 0.333. The third kappa shape index (κ3) is 3.80. The van der Waals surface area contributed by atoms with Gasteiger partial charge < -0.3 is 19.9 Å². The molecule has 2 aromatic rings. The molecular formula is C21H25NO3. The highest BCUT2D eigenvalue weighted by atomic mass is 16.5. The Bertz CT molecular complexity index is 796. The van der Waals surface area contributed by atoms with Crippen LogP contribution in [-0.4, -0.2) is 19.8 Å². The van der Waals surface area contributed by atoms with Crippen LogP contribution in [0.3, 0.4) is 0 Å². The van der Waals surface area contributed by atoms with Gasteiger partial charge >= 0.3 is 0 Å². The predicted octanol–water partition coefficient (Wildman–Crippen LogP) is 4.13. The van der Waals surface area contributed by atoms with Gasteiger partial charge in [0, 0.05) is 11.6 Å². The Kier molecular flexibility index (Phi) is 4.73. The molecule has 1 aliphatic heterocycles. The van der Waals surface area contributed by atoms with Crippen molar-refractivity contribution in [2.75, 3.05) is 14.2 Å². The van der Waals surface area contributed by atoms with Crippen molar-refractivity contribution in [2.45, 2.75) is 31.9 Å². The highest BCUT2D eigenvalue weighted by Gasteiger charge is 2.21. The largest absolute Gasteiger partial charge is 0.493 e. The average Bonchev–Trinajstić information content (AvgIpc) is 2.60. The van der Waals surface area contributed by atoms with Crippen LogP contribution in [0.4, 0.5) is 0 Å². The number of hydrogen-bond acceptors (Lipinski definition) is 4. The summed E-state index contributed by atoms with van der Waals surface area (Å²) >= 11 is 0. The van der Waals surface area contributed by atoms with E-state index in [-0.39, 0.29) is 11.6 Å². The maximum absolute atomic E-state index is 6.42. The van der Waals surface area contributed by atoms with Crippen molar-refractivity contribution in [2.24, 2.45) is 5.73 Å². The first-order valence-electron chi connectivity index (χ1n) is 8.40. The van der Waals surface area contributed by atoms with E-state index in [1.807, 2.05) is 38.1 Å². The van der Waals surface area contributed by atoms with Crippen molar-refractivity contribution in [3.05, 3.63) is 59.2 Å². The van der Waals surface area contributed by atoms with Crippen LogP contribution in [0.2, 0.25) is 0 Å². The summed E-state index contributed by atoms with van der Waals surface area (Å²) in [5, 5.41) is 0. The molecule has 4 heteroatoms. The van der Waals surface area contributed by atoms with E-state index < -0.39 is 0 Å². The number of benzene rings is 2. The van der Waals surface area contributed by atoms with E-state index in [1.54, 1.807) is 14.2 Å². The van der Waals surface area contributed by atoms with E-state index in [1.165, 1.54) is 5.56 Å². The first kappa shape index (κ1) is 17.4. The first-order chi connectivity index (χ1) is 11.9. The lowest BCUT2D eigenvalue weighted by Gasteiger charge is -2.28. The van der Waals surface area contributed by atoms with Crippen molar-refractivity contribution >= 4 is 6.08 Å². The van der Waals surface area contributed by atoms with Crippen LogP contribution in [0, 0.1) is 0 Å². The molecule has 25 heavy (non-hydrogen) atoms. The Morgan fingerprint density at radius 1 is 1.04 bits per heavy atom. The molecule has 1 aliphatic rings. The van der Waals surface area contributed by atoms with Gasteiger partial charge in [0.15, 0.2) is 11.5 Å². The molecule has 0 fully saturated rings. The van der Waals surface area contributed by atoms with Crippen LogP contribution in [0.5, 0.6) is 17.2 Å². The van der Waals surface area contributed by atoms with Crippen LogP contribution < -0.4 is 19.9 Å². The molecule has 0 aliphatic carbocycles. The van der Waals surface area contributed by atoms with Gasteiger partial charge in [0.2, 0.25) is 0 Å². The summed E-state index contributed by atoms with van der Waals surface area (Å²) in [7, 11) is 3.26. The second-order valence-electron chi connectivity index (χ2n) is 6.84. The fourth-order valence-electron chi connectivity index (χ4n) is 3.01. The topological polar surface area (TPSA) is 53.7 Å². The van der Waals surface area contributed by atoms with E-state index in [0.717, 1.165) is 23.3 Å². The molecule has 4 nitrogen and oxygen atoms in total. The molecule has 1 unspecified atom stereocenters. The van der Waals surface area contributed by atoms with Crippen molar-refractivity contribution < 1.29 is 14.2 Å². The first-order valence-corrected chi connectivity index (χ1v) is 8.40. The molecule has 0 bridgehead atoms. The van der Waals surface area contributed by atoms with Gasteiger partial charge in [-0.1, -0.05) is 18.2 Å². The van der Waals surface area contributed by atoms with Crippen molar-refractivity contribution in [3.8, 4) is 17.2 Å². The quantitative estimate of drug-likeness (QED) is 0.890. The molecule has 3 rings (SSSR count). The standard InChI is InChI=1S/C21H25NO3/c1-21(2)10-9-16-11-14(5-7-18(16)25-21)12-17(22)15-6-8-19(23-3)20(13-15)24-4/h5-11,13,17H,12,22H2,1-4H3. The zero-order chi connectivity index (χ0) is 18.0. The van der Waals surface area contributed by atoms with Gasteiger partial charge in [0.05, 0.1) is 14.2 Å². The number of rotatable bonds is 5. The molecule has 0 radical (unpaired) electrons. The number of ether oxygens (including phenoxy) is 3. The van der Waals surface area contributed by atoms with E-state index in [2.05, 4.69) is 24.3 Å². The van der Waals surface area contributed by atoms with E-state index >= 15 is 0 Å². The molecule has 2 N–H and O–H groups in total. The normalized spacial score (nSPS) is 15.9. The zero-order valence-corrected chi connectivity index (χ0v) is 15.2. The fourth-order valence-corrected chi connectivity index (χ4v) is 3.01. The Hall–Kier alpha value is -2.46. The van der Waals surface area contributed by atoms with Gasteiger partial charge in [0.1, 0.15) is 11.4 Å². The Morgan fingerprint density at radius 3 is 2.52 bits per heavy atom. The Labute approximate surface area is 149 Å². The molecule has 0 amide bonds. The number of fused-ring (bicyclic) bond motifs is 1. The molecule has 0 aromatic heterocycles. The molecule has 1 heterocycles. The van der Waals surface area contributed by atoms with Crippen molar-refractivity contribution in [1.29, 1.82) is 0 Å². The van der Waals surface area contributed by atoms with Crippen LogP contribution in [0.1, 0.15) is 36.6 Å². The third-order valence-electron chi connectivity index (χ3n) is 4.40. The van der Waals surface area contributed by atoms with Crippen LogP contribution in [0.15, 0.2) is 42.5 Å². The molecule has 0 saturated carbocycles. The van der Waals surface area contributed by atoms with E-state index in [9.17, 15) is 0 Å².